The zero-order valence-corrected chi connectivity index (χ0v) is 17.0. The molecular formula is C23H23BrN2O. The van der Waals surface area contributed by atoms with Gasteiger partial charge in [-0.3, -0.25) is 4.98 Å². The number of hydrogen-bond donors (Lipinski definition) is 1. The van der Waals surface area contributed by atoms with Gasteiger partial charge in [-0.2, -0.15) is 0 Å². The SMILES string of the molecule is CN1CC[C@@]2(c3cccc(O)c3)Cc3nc4cc(Br)ccc4cc3C[C@H]2C1. The molecule has 1 aliphatic carbocycles. The molecule has 0 unspecified atom stereocenters. The molecule has 0 radical (unpaired) electrons. The second kappa shape index (κ2) is 6.32. The fraction of sp³-hybridized carbons (Fsp3) is 0.348. The van der Waals surface area contributed by atoms with Crippen molar-refractivity contribution in [3.05, 3.63) is 69.8 Å². The maximum atomic E-state index is 10.1. The number of phenols is 1. The molecule has 0 saturated carbocycles. The molecule has 27 heavy (non-hydrogen) atoms. The Morgan fingerprint density at radius 3 is 2.93 bits per heavy atom. The van der Waals surface area contributed by atoms with Crippen LogP contribution in [0.2, 0.25) is 0 Å². The Labute approximate surface area is 168 Å². The van der Waals surface area contributed by atoms with E-state index in [0.29, 0.717) is 11.7 Å². The van der Waals surface area contributed by atoms with Gasteiger partial charge in [0.1, 0.15) is 5.75 Å². The molecule has 0 bridgehead atoms. The van der Waals surface area contributed by atoms with E-state index in [1.54, 1.807) is 6.07 Å². The third-order valence-corrected chi connectivity index (χ3v) is 7.06. The number of fused-ring (bicyclic) bond motifs is 3. The first-order chi connectivity index (χ1) is 13.0. The molecule has 1 N–H and O–H groups in total. The number of likely N-dealkylation sites (tertiary alicyclic amines) is 1. The molecule has 2 aliphatic rings. The normalized spacial score (nSPS) is 25.2. The van der Waals surface area contributed by atoms with Gasteiger partial charge in [0.15, 0.2) is 0 Å². The molecular weight excluding hydrogens is 400 g/mol. The van der Waals surface area contributed by atoms with Gasteiger partial charge in [-0.05, 0) is 73.8 Å². The average Bonchev–Trinajstić information content (AvgIpc) is 2.65. The molecule has 2 atom stereocenters. The van der Waals surface area contributed by atoms with Crippen LogP contribution in [0.4, 0.5) is 0 Å². The summed E-state index contributed by atoms with van der Waals surface area (Å²) < 4.78 is 1.07. The lowest BCUT2D eigenvalue weighted by atomic mass is 9.58. The van der Waals surface area contributed by atoms with Crippen molar-refractivity contribution < 1.29 is 5.11 Å². The zero-order valence-electron chi connectivity index (χ0n) is 15.5. The minimum atomic E-state index is 0.0605. The van der Waals surface area contributed by atoms with Crippen LogP contribution in [-0.2, 0) is 18.3 Å². The lowest BCUT2D eigenvalue weighted by molar-refractivity contribution is 0.0987. The van der Waals surface area contributed by atoms with Crippen LogP contribution in [0, 0.1) is 5.92 Å². The van der Waals surface area contributed by atoms with Crippen LogP contribution in [0.5, 0.6) is 5.75 Å². The molecule has 1 aliphatic heterocycles. The first-order valence-electron chi connectivity index (χ1n) is 9.60. The summed E-state index contributed by atoms with van der Waals surface area (Å²) >= 11 is 3.57. The Hall–Kier alpha value is -1.91. The van der Waals surface area contributed by atoms with Crippen molar-refractivity contribution in [2.24, 2.45) is 5.92 Å². The van der Waals surface area contributed by atoms with Gasteiger partial charge in [0.2, 0.25) is 0 Å². The molecule has 0 amide bonds. The highest BCUT2D eigenvalue weighted by molar-refractivity contribution is 9.10. The van der Waals surface area contributed by atoms with Crippen LogP contribution >= 0.6 is 15.9 Å². The van der Waals surface area contributed by atoms with E-state index in [-0.39, 0.29) is 5.41 Å². The van der Waals surface area contributed by atoms with Gasteiger partial charge in [-0.1, -0.05) is 34.1 Å². The Morgan fingerprint density at radius 1 is 1.19 bits per heavy atom. The van der Waals surface area contributed by atoms with Crippen LogP contribution in [0.1, 0.15) is 23.2 Å². The number of halogens is 1. The van der Waals surface area contributed by atoms with E-state index >= 15 is 0 Å². The van der Waals surface area contributed by atoms with E-state index in [4.69, 9.17) is 4.98 Å². The summed E-state index contributed by atoms with van der Waals surface area (Å²) in [6.07, 6.45) is 3.11. The molecule has 1 saturated heterocycles. The van der Waals surface area contributed by atoms with Crippen molar-refractivity contribution in [1.29, 1.82) is 0 Å². The van der Waals surface area contributed by atoms with Crippen molar-refractivity contribution in [3.63, 3.8) is 0 Å². The first kappa shape index (κ1) is 17.2. The summed E-state index contributed by atoms with van der Waals surface area (Å²) in [5.41, 5.74) is 5.00. The molecule has 3 aromatic rings. The van der Waals surface area contributed by atoms with Crippen molar-refractivity contribution in [1.82, 2.24) is 9.88 Å². The largest absolute Gasteiger partial charge is 0.508 e. The molecule has 1 fully saturated rings. The van der Waals surface area contributed by atoms with Crippen LogP contribution in [0.3, 0.4) is 0 Å². The molecule has 4 heteroatoms. The monoisotopic (exact) mass is 422 g/mol. The number of rotatable bonds is 1. The van der Waals surface area contributed by atoms with E-state index in [1.807, 2.05) is 12.1 Å². The number of aromatic nitrogens is 1. The standard InChI is InChI=1S/C23H23BrN2O/c1-26-8-7-23(17-3-2-4-20(27)11-17)13-22-16(10-18(23)14-26)9-15-5-6-19(24)12-21(15)25-22/h2-6,9,11-12,18,27H,7-8,10,13-14H2,1H3/t18-,23-/m0/s1. The van der Waals surface area contributed by atoms with Gasteiger partial charge in [-0.25, -0.2) is 0 Å². The maximum Gasteiger partial charge on any atom is 0.115 e. The molecule has 138 valence electrons. The second-order valence-electron chi connectivity index (χ2n) is 8.23. The second-order valence-corrected chi connectivity index (χ2v) is 9.14. The lowest BCUT2D eigenvalue weighted by Gasteiger charge is -2.50. The molecule has 1 aromatic heterocycles. The topological polar surface area (TPSA) is 36.4 Å². The van der Waals surface area contributed by atoms with Crippen molar-refractivity contribution >= 4 is 26.8 Å². The number of benzene rings is 2. The highest BCUT2D eigenvalue weighted by Gasteiger charge is 2.47. The third kappa shape index (κ3) is 2.86. The summed E-state index contributed by atoms with van der Waals surface area (Å²) in [5, 5.41) is 11.3. The van der Waals surface area contributed by atoms with Gasteiger partial charge in [0.25, 0.3) is 0 Å². The minimum absolute atomic E-state index is 0.0605. The van der Waals surface area contributed by atoms with Crippen LogP contribution < -0.4 is 0 Å². The highest BCUT2D eigenvalue weighted by Crippen LogP contribution is 2.48. The number of nitrogens with zero attached hydrogens (tertiary/aromatic N) is 2. The van der Waals surface area contributed by atoms with Gasteiger partial charge < -0.3 is 10.0 Å². The fourth-order valence-corrected chi connectivity index (χ4v) is 5.49. The average molecular weight is 423 g/mol. The van der Waals surface area contributed by atoms with Crippen molar-refractivity contribution in [2.75, 3.05) is 20.1 Å². The zero-order chi connectivity index (χ0) is 18.6. The summed E-state index contributed by atoms with van der Waals surface area (Å²) in [7, 11) is 2.22. The number of pyridine rings is 1. The number of phenolic OH excluding ortho intramolecular Hbond substituents is 1. The lowest BCUT2D eigenvalue weighted by Crippen LogP contribution is -2.53. The van der Waals surface area contributed by atoms with E-state index in [0.717, 1.165) is 42.3 Å². The summed E-state index contributed by atoms with van der Waals surface area (Å²) in [6.45, 7) is 2.17. The Kier molecular flexibility index (Phi) is 4.03. The first-order valence-corrected chi connectivity index (χ1v) is 10.4. The smallest absolute Gasteiger partial charge is 0.115 e. The molecule has 5 rings (SSSR count). The van der Waals surface area contributed by atoms with Crippen LogP contribution in [0.15, 0.2) is 53.0 Å². The summed E-state index contributed by atoms with van der Waals surface area (Å²) in [5.74, 6) is 0.904. The van der Waals surface area contributed by atoms with Gasteiger partial charge in [0.05, 0.1) is 5.52 Å². The summed E-state index contributed by atoms with van der Waals surface area (Å²) in [6, 6.07) is 16.6. The van der Waals surface area contributed by atoms with E-state index in [1.165, 1.54) is 22.2 Å². The van der Waals surface area contributed by atoms with Crippen LogP contribution in [0.25, 0.3) is 10.9 Å². The van der Waals surface area contributed by atoms with E-state index in [2.05, 4.69) is 58.2 Å². The minimum Gasteiger partial charge on any atom is -0.508 e. The van der Waals surface area contributed by atoms with Crippen molar-refractivity contribution in [2.45, 2.75) is 24.7 Å². The third-order valence-electron chi connectivity index (χ3n) is 6.57. The number of aromatic hydroxyl groups is 1. The molecule has 2 aromatic carbocycles. The van der Waals surface area contributed by atoms with Crippen LogP contribution in [-0.4, -0.2) is 35.1 Å². The molecule has 3 nitrogen and oxygen atoms in total. The highest BCUT2D eigenvalue weighted by atomic mass is 79.9. The van der Waals surface area contributed by atoms with Gasteiger partial charge in [-0.15, -0.1) is 0 Å². The maximum absolute atomic E-state index is 10.1. The van der Waals surface area contributed by atoms with Gasteiger partial charge in [0, 0.05) is 33.9 Å². The van der Waals surface area contributed by atoms with Gasteiger partial charge >= 0.3 is 0 Å². The Bertz CT molecular complexity index is 1030. The fourth-order valence-electron chi connectivity index (χ4n) is 5.15. The number of piperidine rings is 1. The Morgan fingerprint density at radius 2 is 2.07 bits per heavy atom. The molecule has 2 heterocycles. The molecule has 0 spiro atoms. The predicted molar refractivity (Wildman–Crippen MR) is 112 cm³/mol. The van der Waals surface area contributed by atoms with Crippen molar-refractivity contribution in [3.8, 4) is 5.75 Å². The summed E-state index contributed by atoms with van der Waals surface area (Å²) in [4.78, 5) is 7.52. The predicted octanol–water partition coefficient (Wildman–Crippen LogP) is 4.69. The van der Waals surface area contributed by atoms with E-state index < -0.39 is 0 Å². The number of hydrogen-bond acceptors (Lipinski definition) is 3. The Balaban J connectivity index is 1.66. The quantitative estimate of drug-likeness (QED) is 0.617. The van der Waals surface area contributed by atoms with E-state index in [9.17, 15) is 5.11 Å².